The average Bonchev–Trinajstić information content (AvgIpc) is 3.16. The van der Waals surface area contributed by atoms with Crippen LogP contribution >= 0.6 is 0 Å². The molecule has 4 rings (SSSR count). The fourth-order valence-electron chi connectivity index (χ4n) is 3.79. The highest BCUT2D eigenvalue weighted by Crippen LogP contribution is 2.26. The van der Waals surface area contributed by atoms with Crippen molar-refractivity contribution >= 4 is 21.6 Å². The zero-order valence-corrected chi connectivity index (χ0v) is 19.1. The molecule has 1 amide bonds. The molecule has 2 heterocycles. The quantitative estimate of drug-likeness (QED) is 0.600. The Bertz CT molecular complexity index is 1210. The molecule has 1 saturated heterocycles. The number of aromatic nitrogens is 1. The molecule has 0 unspecified atom stereocenters. The molecule has 1 aliphatic rings. The summed E-state index contributed by atoms with van der Waals surface area (Å²) in [6.07, 6.45) is 2.83. The summed E-state index contributed by atoms with van der Waals surface area (Å²) in [4.78, 5) is 17.4. The molecular weight excluding hydrogens is 426 g/mol. The second-order valence-electron chi connectivity index (χ2n) is 8.05. The minimum Gasteiger partial charge on any atom is -0.441 e. The largest absolute Gasteiger partial charge is 0.441 e. The van der Waals surface area contributed by atoms with Gasteiger partial charge in [-0.1, -0.05) is 30.7 Å². The van der Waals surface area contributed by atoms with E-state index in [0.717, 1.165) is 30.4 Å². The minimum atomic E-state index is -3.58. The van der Waals surface area contributed by atoms with E-state index in [0.29, 0.717) is 36.1 Å². The molecule has 1 fully saturated rings. The third-order valence-corrected chi connectivity index (χ3v) is 7.57. The van der Waals surface area contributed by atoms with Gasteiger partial charge in [0.25, 0.3) is 0 Å². The fraction of sp³-hybridized carbons (Fsp3) is 0.333. The monoisotopic (exact) mass is 453 g/mol. The highest BCUT2D eigenvalue weighted by atomic mass is 32.2. The van der Waals surface area contributed by atoms with Gasteiger partial charge in [0.15, 0.2) is 0 Å². The van der Waals surface area contributed by atoms with Crippen molar-refractivity contribution in [3.8, 4) is 11.5 Å². The Morgan fingerprint density at radius 2 is 1.78 bits per heavy atom. The number of rotatable bonds is 6. The summed E-state index contributed by atoms with van der Waals surface area (Å²) in [5.74, 6) is 0.769. The molecule has 3 aromatic rings. The lowest BCUT2D eigenvalue weighted by molar-refractivity contribution is -0.115. The van der Waals surface area contributed by atoms with Crippen molar-refractivity contribution < 1.29 is 17.6 Å². The first-order chi connectivity index (χ1) is 15.3. The van der Waals surface area contributed by atoms with Gasteiger partial charge in [-0.15, -0.1) is 0 Å². The summed E-state index contributed by atoms with van der Waals surface area (Å²) in [6, 6.07) is 14.4. The van der Waals surface area contributed by atoms with Crippen molar-refractivity contribution in [1.82, 2.24) is 9.29 Å². The molecule has 8 heteroatoms. The predicted octanol–water partition coefficient (Wildman–Crippen LogP) is 4.31. The highest BCUT2D eigenvalue weighted by molar-refractivity contribution is 7.89. The normalized spacial score (nSPS) is 14.9. The summed E-state index contributed by atoms with van der Waals surface area (Å²) < 4.78 is 33.3. The number of oxazole rings is 1. The van der Waals surface area contributed by atoms with E-state index < -0.39 is 10.0 Å². The summed E-state index contributed by atoms with van der Waals surface area (Å²) in [5.41, 5.74) is 2.67. The molecular formula is C24H27N3O4S. The van der Waals surface area contributed by atoms with Gasteiger partial charge in [-0.2, -0.15) is 4.31 Å². The lowest BCUT2D eigenvalue weighted by Gasteiger charge is -2.26. The molecule has 0 bridgehead atoms. The van der Waals surface area contributed by atoms with E-state index in [1.165, 1.54) is 4.31 Å². The highest BCUT2D eigenvalue weighted by Gasteiger charge is 2.26. The molecule has 0 spiro atoms. The number of benzene rings is 2. The molecule has 168 valence electrons. The third-order valence-electron chi connectivity index (χ3n) is 5.68. The Labute approximate surface area is 188 Å². The Balaban J connectivity index is 1.50. The summed E-state index contributed by atoms with van der Waals surface area (Å²) >= 11 is 0. The summed E-state index contributed by atoms with van der Waals surface area (Å²) in [6.45, 7) is 4.68. The van der Waals surface area contributed by atoms with Crippen LogP contribution in [0.25, 0.3) is 11.5 Å². The summed E-state index contributed by atoms with van der Waals surface area (Å²) in [7, 11) is -3.58. The van der Waals surface area contributed by atoms with Gasteiger partial charge in [-0.3, -0.25) is 4.79 Å². The van der Waals surface area contributed by atoms with Gasteiger partial charge in [0.1, 0.15) is 5.76 Å². The van der Waals surface area contributed by atoms with Gasteiger partial charge in [-0.05, 0) is 56.5 Å². The first kappa shape index (κ1) is 22.2. The lowest BCUT2D eigenvalue weighted by Crippen LogP contribution is -2.35. The minimum absolute atomic E-state index is 0.0324. The Morgan fingerprint density at radius 1 is 1.06 bits per heavy atom. The topological polar surface area (TPSA) is 92.5 Å². The van der Waals surface area contributed by atoms with Crippen molar-refractivity contribution in [3.05, 3.63) is 65.5 Å². The summed E-state index contributed by atoms with van der Waals surface area (Å²) in [5, 5.41) is 2.85. The predicted molar refractivity (Wildman–Crippen MR) is 123 cm³/mol. The lowest BCUT2D eigenvalue weighted by atomic mass is 10.2. The van der Waals surface area contributed by atoms with Crippen LogP contribution in [0.3, 0.4) is 0 Å². The van der Waals surface area contributed by atoms with Crippen LogP contribution in [-0.2, 0) is 21.2 Å². The number of nitrogens with one attached hydrogen (secondary N) is 1. The van der Waals surface area contributed by atoms with Gasteiger partial charge in [0, 0.05) is 24.3 Å². The van der Waals surface area contributed by atoms with Crippen molar-refractivity contribution in [3.63, 3.8) is 0 Å². The van der Waals surface area contributed by atoms with E-state index in [1.54, 1.807) is 25.1 Å². The van der Waals surface area contributed by atoms with Crippen molar-refractivity contribution in [1.29, 1.82) is 0 Å². The van der Waals surface area contributed by atoms with Gasteiger partial charge >= 0.3 is 0 Å². The number of sulfonamides is 1. The van der Waals surface area contributed by atoms with E-state index in [2.05, 4.69) is 10.3 Å². The van der Waals surface area contributed by atoms with E-state index in [9.17, 15) is 13.2 Å². The second-order valence-corrected chi connectivity index (χ2v) is 9.99. The smallest absolute Gasteiger partial charge is 0.243 e. The number of amides is 1. The molecule has 0 radical (unpaired) electrons. The van der Waals surface area contributed by atoms with Crippen LogP contribution in [0.15, 0.2) is 57.8 Å². The average molecular weight is 454 g/mol. The SMILES string of the molecule is Cc1ccc(S(=O)(=O)N2CCCCC2)cc1NC(=O)Cc1nc(-c2ccccc2)oc1C. The molecule has 2 aromatic carbocycles. The van der Waals surface area contributed by atoms with Gasteiger partial charge in [-0.25, -0.2) is 13.4 Å². The van der Waals surface area contributed by atoms with E-state index >= 15 is 0 Å². The molecule has 0 atom stereocenters. The van der Waals surface area contributed by atoms with E-state index in [-0.39, 0.29) is 17.2 Å². The zero-order chi connectivity index (χ0) is 22.7. The fourth-order valence-corrected chi connectivity index (χ4v) is 5.34. The standard InChI is InChI=1S/C24H27N3O4S/c1-17-11-12-20(32(29,30)27-13-7-4-8-14-27)15-21(17)25-23(28)16-22-18(2)31-24(26-22)19-9-5-3-6-10-19/h3,5-6,9-12,15H,4,7-8,13-14,16H2,1-2H3,(H,25,28). The van der Waals surface area contributed by atoms with E-state index in [4.69, 9.17) is 4.42 Å². The van der Waals surface area contributed by atoms with Crippen LogP contribution in [0.2, 0.25) is 0 Å². The van der Waals surface area contributed by atoms with Crippen LogP contribution in [-0.4, -0.2) is 36.7 Å². The maximum absolute atomic E-state index is 13.0. The first-order valence-corrected chi connectivity index (χ1v) is 12.2. The van der Waals surface area contributed by atoms with Crippen LogP contribution in [0, 0.1) is 13.8 Å². The molecule has 0 saturated carbocycles. The number of carbonyl (C=O) groups excluding carboxylic acids is 1. The maximum atomic E-state index is 13.0. The van der Waals surface area contributed by atoms with Crippen LogP contribution in [0.4, 0.5) is 5.69 Å². The second kappa shape index (κ2) is 9.26. The molecule has 1 aromatic heterocycles. The Kier molecular flexibility index (Phi) is 6.43. The molecule has 32 heavy (non-hydrogen) atoms. The number of nitrogens with zero attached hydrogens (tertiary/aromatic N) is 2. The van der Waals surface area contributed by atoms with Gasteiger partial charge in [0.2, 0.25) is 21.8 Å². The first-order valence-electron chi connectivity index (χ1n) is 10.8. The number of hydrogen-bond donors (Lipinski definition) is 1. The van der Waals surface area contributed by atoms with E-state index in [1.807, 2.05) is 37.3 Å². The van der Waals surface area contributed by atoms with Crippen molar-refractivity contribution in [2.45, 2.75) is 44.4 Å². The molecule has 0 aliphatic carbocycles. The van der Waals surface area contributed by atoms with Crippen LogP contribution < -0.4 is 5.32 Å². The number of piperidine rings is 1. The number of anilines is 1. The number of carbonyl (C=O) groups is 1. The van der Waals surface area contributed by atoms with Crippen molar-refractivity contribution in [2.75, 3.05) is 18.4 Å². The molecule has 1 N–H and O–H groups in total. The molecule has 1 aliphatic heterocycles. The number of hydrogen-bond acceptors (Lipinski definition) is 5. The van der Waals surface area contributed by atoms with Gasteiger partial charge < -0.3 is 9.73 Å². The van der Waals surface area contributed by atoms with Crippen molar-refractivity contribution in [2.24, 2.45) is 0 Å². The maximum Gasteiger partial charge on any atom is 0.243 e. The molecule has 7 nitrogen and oxygen atoms in total. The number of aryl methyl sites for hydroxylation is 2. The van der Waals surface area contributed by atoms with Gasteiger partial charge in [0.05, 0.1) is 17.0 Å². The third kappa shape index (κ3) is 4.76. The zero-order valence-electron chi connectivity index (χ0n) is 18.3. The van der Waals surface area contributed by atoms with Crippen LogP contribution in [0.5, 0.6) is 0 Å². The Hall–Kier alpha value is -2.97. The van der Waals surface area contributed by atoms with Crippen LogP contribution in [0.1, 0.15) is 36.3 Å². The Morgan fingerprint density at radius 3 is 2.50 bits per heavy atom.